The van der Waals surface area contributed by atoms with Crippen LogP contribution in [-0.4, -0.2) is 6.21 Å². The fraction of sp³-hybridized carbons (Fsp3) is 0.133. The highest BCUT2D eigenvalue weighted by atomic mass is 19.3. The summed E-state index contributed by atoms with van der Waals surface area (Å²) in [6.45, 7) is -1.03. The number of hydrogen-bond donors (Lipinski definition) is 0. The van der Waals surface area contributed by atoms with Crippen LogP contribution < -0.4 is 0 Å². The average molecular weight is 351 g/mol. The first kappa shape index (κ1) is 17.8. The lowest BCUT2D eigenvalue weighted by molar-refractivity contribution is 0.124. The third-order valence-corrected chi connectivity index (χ3v) is 2.95. The number of benzene rings is 2. The molecule has 0 aliphatic carbocycles. The molecule has 0 heterocycles. The highest BCUT2D eigenvalue weighted by Crippen LogP contribution is 2.23. The third kappa shape index (κ3) is 3.66. The first-order valence-corrected chi connectivity index (χ1v) is 6.36. The number of rotatable bonds is 5. The molecule has 0 aliphatic heterocycles. The van der Waals surface area contributed by atoms with Crippen molar-refractivity contribution in [2.45, 2.75) is 13.0 Å². The topological polar surface area (TPSA) is 21.6 Å². The SMILES string of the molecule is Fc1c(F)c(F)c(CON=Cc2cccc(C(F)F)c2)c(F)c1F. The molecule has 0 unspecified atom stereocenters. The zero-order chi connectivity index (χ0) is 17.9. The Bertz CT molecular complexity index is 748. The zero-order valence-corrected chi connectivity index (χ0v) is 11.7. The van der Waals surface area contributed by atoms with Gasteiger partial charge in [0.05, 0.1) is 11.8 Å². The predicted octanol–water partition coefficient (Wildman–Crippen LogP) is 4.87. The number of alkyl halides is 2. The molecule has 0 atom stereocenters. The van der Waals surface area contributed by atoms with Crippen molar-refractivity contribution in [3.8, 4) is 0 Å². The molecule has 2 rings (SSSR count). The molecule has 0 amide bonds. The van der Waals surface area contributed by atoms with E-state index >= 15 is 0 Å². The smallest absolute Gasteiger partial charge is 0.263 e. The summed E-state index contributed by atoms with van der Waals surface area (Å²) in [6.07, 6.45) is -1.74. The van der Waals surface area contributed by atoms with Gasteiger partial charge in [0.2, 0.25) is 5.82 Å². The van der Waals surface area contributed by atoms with Gasteiger partial charge in [-0.3, -0.25) is 0 Å². The van der Waals surface area contributed by atoms with Crippen molar-refractivity contribution in [3.63, 3.8) is 0 Å². The number of nitrogens with zero attached hydrogens (tertiary/aromatic N) is 1. The molecule has 2 nitrogen and oxygen atoms in total. The van der Waals surface area contributed by atoms with Crippen molar-refractivity contribution < 1.29 is 35.6 Å². The Morgan fingerprint density at radius 3 is 2.08 bits per heavy atom. The number of halogens is 7. The summed E-state index contributed by atoms with van der Waals surface area (Å²) in [5, 5.41) is 3.26. The van der Waals surface area contributed by atoms with Gasteiger partial charge in [-0.15, -0.1) is 0 Å². The van der Waals surface area contributed by atoms with E-state index in [-0.39, 0.29) is 11.1 Å². The summed E-state index contributed by atoms with van der Waals surface area (Å²) in [6, 6.07) is 5.00. The van der Waals surface area contributed by atoms with Crippen LogP contribution in [0.5, 0.6) is 0 Å². The fourth-order valence-corrected chi connectivity index (χ4v) is 1.75. The van der Waals surface area contributed by atoms with Gasteiger partial charge in [-0.25, -0.2) is 30.7 Å². The number of oxime groups is 1. The van der Waals surface area contributed by atoms with Crippen molar-refractivity contribution in [2.75, 3.05) is 0 Å². The maximum atomic E-state index is 13.4. The van der Waals surface area contributed by atoms with E-state index in [2.05, 4.69) is 9.99 Å². The van der Waals surface area contributed by atoms with Crippen molar-refractivity contribution in [2.24, 2.45) is 5.16 Å². The Labute approximate surface area is 131 Å². The van der Waals surface area contributed by atoms with Crippen LogP contribution in [0.2, 0.25) is 0 Å². The van der Waals surface area contributed by atoms with Crippen molar-refractivity contribution in [1.82, 2.24) is 0 Å². The van der Waals surface area contributed by atoms with Gasteiger partial charge in [-0.05, 0) is 11.6 Å². The zero-order valence-electron chi connectivity index (χ0n) is 11.7. The van der Waals surface area contributed by atoms with E-state index < -0.39 is 47.7 Å². The van der Waals surface area contributed by atoms with E-state index in [0.29, 0.717) is 0 Å². The quantitative estimate of drug-likeness (QED) is 0.248. The van der Waals surface area contributed by atoms with Crippen LogP contribution >= 0.6 is 0 Å². The molecule has 128 valence electrons. The largest absolute Gasteiger partial charge is 0.391 e. The molecular formula is C15H8F7NO. The molecular weight excluding hydrogens is 343 g/mol. The van der Waals surface area contributed by atoms with Gasteiger partial charge in [-0.1, -0.05) is 23.4 Å². The monoisotopic (exact) mass is 351 g/mol. The Morgan fingerprint density at radius 2 is 1.50 bits per heavy atom. The molecule has 0 radical (unpaired) electrons. The summed E-state index contributed by atoms with van der Waals surface area (Å²) >= 11 is 0. The minimum atomic E-state index is -2.70. The molecule has 2 aromatic rings. The van der Waals surface area contributed by atoms with Crippen molar-refractivity contribution in [1.29, 1.82) is 0 Å². The first-order valence-electron chi connectivity index (χ1n) is 6.36. The second-order valence-electron chi connectivity index (χ2n) is 4.53. The summed E-state index contributed by atoms with van der Waals surface area (Å²) in [5.41, 5.74) is -1.27. The summed E-state index contributed by atoms with van der Waals surface area (Å²) in [4.78, 5) is 4.48. The molecule has 0 saturated carbocycles. The minimum Gasteiger partial charge on any atom is -0.391 e. The maximum absolute atomic E-state index is 13.4. The Morgan fingerprint density at radius 1 is 0.917 bits per heavy atom. The second kappa shape index (κ2) is 7.33. The molecule has 0 fully saturated rings. The van der Waals surface area contributed by atoms with Gasteiger partial charge in [0.15, 0.2) is 23.3 Å². The van der Waals surface area contributed by atoms with E-state index in [1.165, 1.54) is 18.2 Å². The van der Waals surface area contributed by atoms with Gasteiger partial charge in [-0.2, -0.15) is 0 Å². The van der Waals surface area contributed by atoms with Crippen LogP contribution in [0.1, 0.15) is 23.1 Å². The van der Waals surface area contributed by atoms with E-state index in [9.17, 15) is 30.7 Å². The standard InChI is InChI=1S/C15H8F7NO/c16-10-9(11(17)13(19)14(20)12(10)18)6-24-23-5-7-2-1-3-8(4-7)15(21)22/h1-5,15H,6H2. The van der Waals surface area contributed by atoms with Gasteiger partial charge in [0.25, 0.3) is 6.43 Å². The lowest BCUT2D eigenvalue weighted by Crippen LogP contribution is -2.07. The molecule has 0 aliphatic rings. The molecule has 9 heteroatoms. The van der Waals surface area contributed by atoms with Crippen LogP contribution in [0.4, 0.5) is 30.7 Å². The fourth-order valence-electron chi connectivity index (χ4n) is 1.75. The number of hydrogen-bond acceptors (Lipinski definition) is 2. The highest BCUT2D eigenvalue weighted by molar-refractivity contribution is 5.79. The summed E-state index contributed by atoms with van der Waals surface area (Å²) in [5.74, 6) is -10.5. The first-order chi connectivity index (χ1) is 11.3. The van der Waals surface area contributed by atoms with Gasteiger partial charge >= 0.3 is 0 Å². The highest BCUT2D eigenvalue weighted by Gasteiger charge is 2.25. The second-order valence-corrected chi connectivity index (χ2v) is 4.53. The minimum absolute atomic E-state index is 0.199. The average Bonchev–Trinajstić information content (AvgIpc) is 2.57. The van der Waals surface area contributed by atoms with Crippen LogP contribution in [0.3, 0.4) is 0 Å². The third-order valence-electron chi connectivity index (χ3n) is 2.95. The van der Waals surface area contributed by atoms with E-state index in [1.54, 1.807) is 0 Å². The predicted molar refractivity (Wildman–Crippen MR) is 70.0 cm³/mol. The lowest BCUT2D eigenvalue weighted by Gasteiger charge is -2.06. The van der Waals surface area contributed by atoms with E-state index in [0.717, 1.165) is 12.3 Å². The van der Waals surface area contributed by atoms with Gasteiger partial charge < -0.3 is 4.84 Å². The van der Waals surface area contributed by atoms with Crippen molar-refractivity contribution >= 4 is 6.21 Å². The molecule has 24 heavy (non-hydrogen) atoms. The van der Waals surface area contributed by atoms with Gasteiger partial charge in [0.1, 0.15) is 6.61 Å². The van der Waals surface area contributed by atoms with Gasteiger partial charge in [0, 0.05) is 5.56 Å². The maximum Gasteiger partial charge on any atom is 0.263 e. The molecule has 0 aromatic heterocycles. The molecule has 0 spiro atoms. The summed E-state index contributed by atoms with van der Waals surface area (Å²) in [7, 11) is 0. The van der Waals surface area contributed by atoms with Crippen LogP contribution in [0, 0.1) is 29.1 Å². The molecule has 0 saturated heterocycles. The van der Waals surface area contributed by atoms with Crippen molar-refractivity contribution in [3.05, 3.63) is 70.0 Å². The molecule has 0 bridgehead atoms. The Kier molecular flexibility index (Phi) is 5.42. The van der Waals surface area contributed by atoms with Crippen LogP contribution in [0.15, 0.2) is 29.4 Å². The van der Waals surface area contributed by atoms with E-state index in [4.69, 9.17) is 0 Å². The normalized spacial score (nSPS) is 11.5. The Hall–Kier alpha value is -2.58. The van der Waals surface area contributed by atoms with Crippen LogP contribution in [0.25, 0.3) is 0 Å². The lowest BCUT2D eigenvalue weighted by atomic mass is 10.1. The summed E-state index contributed by atoms with van der Waals surface area (Å²) < 4.78 is 90.5. The van der Waals surface area contributed by atoms with E-state index in [1.807, 2.05) is 0 Å². The Balaban J connectivity index is 2.11. The molecule has 0 N–H and O–H groups in total. The van der Waals surface area contributed by atoms with Crippen LogP contribution in [-0.2, 0) is 11.4 Å². The molecule has 2 aromatic carbocycles.